The van der Waals surface area contributed by atoms with Crippen LogP contribution in [0, 0.1) is 0 Å². The van der Waals surface area contributed by atoms with Crippen LogP contribution < -0.4 is 0 Å². The van der Waals surface area contributed by atoms with Crippen LogP contribution in [-0.4, -0.2) is 21.8 Å². The highest BCUT2D eigenvalue weighted by Gasteiger charge is 2.31. The number of amides is 1. The number of furan rings is 1. The van der Waals surface area contributed by atoms with Crippen LogP contribution in [-0.2, 0) is 6.54 Å². The quantitative estimate of drug-likeness (QED) is 0.394. The molecule has 0 spiro atoms. The van der Waals surface area contributed by atoms with Crippen LogP contribution in [0.1, 0.15) is 53.3 Å². The van der Waals surface area contributed by atoms with E-state index in [-0.39, 0.29) is 11.9 Å². The number of para-hydroxylation sites is 1. The van der Waals surface area contributed by atoms with Crippen LogP contribution in [0.4, 0.5) is 0 Å². The molecule has 2 aromatic carbocycles. The van der Waals surface area contributed by atoms with E-state index >= 15 is 0 Å². The number of fused-ring (bicyclic) bond motifs is 1. The fraction of sp³-hybridized carbons (Fsp3) is 0.259. The maximum atomic E-state index is 13.4. The Morgan fingerprint density at radius 3 is 2.45 bits per heavy atom. The van der Waals surface area contributed by atoms with Crippen molar-refractivity contribution in [1.82, 2.24) is 9.88 Å². The van der Waals surface area contributed by atoms with Crippen molar-refractivity contribution in [2.45, 2.75) is 44.2 Å². The van der Waals surface area contributed by atoms with Gasteiger partial charge in [0, 0.05) is 24.2 Å². The zero-order valence-electron chi connectivity index (χ0n) is 17.5. The molecule has 0 N–H and O–H groups in total. The minimum atomic E-state index is -0.0333. The first kappa shape index (κ1) is 19.6. The molecule has 1 aliphatic rings. The molecule has 4 heteroatoms. The lowest BCUT2D eigenvalue weighted by Crippen LogP contribution is -2.41. The number of hydrogen-bond acceptors (Lipinski definition) is 3. The van der Waals surface area contributed by atoms with E-state index in [4.69, 9.17) is 4.42 Å². The van der Waals surface area contributed by atoms with Crippen LogP contribution in [0.5, 0.6) is 0 Å². The van der Waals surface area contributed by atoms with Gasteiger partial charge in [-0.3, -0.25) is 9.78 Å². The first-order valence-corrected chi connectivity index (χ1v) is 11.0. The third-order valence-corrected chi connectivity index (χ3v) is 6.48. The Kier molecular flexibility index (Phi) is 5.53. The maximum absolute atomic E-state index is 13.4. The molecule has 0 atom stereocenters. The van der Waals surface area contributed by atoms with Crippen molar-refractivity contribution < 1.29 is 9.21 Å². The van der Waals surface area contributed by atoms with Gasteiger partial charge in [0.1, 0.15) is 0 Å². The number of nitrogens with zero attached hydrogens (tertiary/aromatic N) is 2. The summed E-state index contributed by atoms with van der Waals surface area (Å²) in [7, 11) is 0. The molecular formula is C27H26N2O2. The second-order valence-electron chi connectivity index (χ2n) is 8.31. The zero-order chi connectivity index (χ0) is 21.0. The second kappa shape index (κ2) is 8.76. The predicted octanol–water partition coefficient (Wildman–Crippen LogP) is 6.20. The fourth-order valence-electron chi connectivity index (χ4n) is 4.83. The van der Waals surface area contributed by atoms with E-state index in [1.54, 1.807) is 18.4 Å². The van der Waals surface area contributed by atoms with Gasteiger partial charge in [-0.05, 0) is 67.0 Å². The van der Waals surface area contributed by atoms with Crippen molar-refractivity contribution in [3.8, 4) is 0 Å². The molecule has 0 unspecified atom stereocenters. The number of rotatable bonds is 5. The number of aromatic nitrogens is 1. The molecule has 0 aliphatic heterocycles. The van der Waals surface area contributed by atoms with Gasteiger partial charge >= 0.3 is 0 Å². The minimum absolute atomic E-state index is 0.0333. The van der Waals surface area contributed by atoms with Gasteiger partial charge in [0.05, 0.1) is 11.8 Å². The molecule has 4 aromatic rings. The van der Waals surface area contributed by atoms with Gasteiger partial charge in [0.2, 0.25) is 0 Å². The molecule has 2 heterocycles. The highest BCUT2D eigenvalue weighted by Crippen LogP contribution is 2.36. The Hall–Kier alpha value is -3.40. The highest BCUT2D eigenvalue weighted by atomic mass is 16.3. The van der Waals surface area contributed by atoms with Crippen molar-refractivity contribution >= 4 is 16.8 Å². The van der Waals surface area contributed by atoms with Gasteiger partial charge < -0.3 is 9.32 Å². The molecule has 0 radical (unpaired) electrons. The summed E-state index contributed by atoms with van der Waals surface area (Å²) in [5.74, 6) is 0.942. The van der Waals surface area contributed by atoms with Crippen molar-refractivity contribution in [1.29, 1.82) is 0 Å². The molecule has 1 amide bonds. The minimum Gasteiger partial charge on any atom is -0.459 e. The van der Waals surface area contributed by atoms with Gasteiger partial charge in [0.25, 0.3) is 5.91 Å². The average molecular weight is 411 g/mol. The molecule has 2 aromatic heterocycles. The number of carbonyl (C=O) groups is 1. The summed E-state index contributed by atoms with van der Waals surface area (Å²) in [6, 6.07) is 24.6. The van der Waals surface area contributed by atoms with Crippen LogP contribution in [0.2, 0.25) is 0 Å². The Morgan fingerprint density at radius 1 is 0.903 bits per heavy atom. The topological polar surface area (TPSA) is 46.3 Å². The molecule has 1 saturated carbocycles. The number of pyridine rings is 1. The largest absolute Gasteiger partial charge is 0.459 e. The lowest BCUT2D eigenvalue weighted by Gasteiger charge is -2.37. The van der Waals surface area contributed by atoms with E-state index in [1.165, 1.54) is 5.56 Å². The first-order chi connectivity index (χ1) is 15.3. The summed E-state index contributed by atoms with van der Waals surface area (Å²) in [5, 5.41) is 1.10. The molecule has 5 rings (SSSR count). The van der Waals surface area contributed by atoms with Gasteiger partial charge in [-0.2, -0.15) is 0 Å². The smallest absolute Gasteiger partial charge is 0.290 e. The summed E-state index contributed by atoms with van der Waals surface area (Å²) >= 11 is 0. The number of benzene rings is 2. The summed E-state index contributed by atoms with van der Waals surface area (Å²) in [4.78, 5) is 19.9. The summed E-state index contributed by atoms with van der Waals surface area (Å²) in [6.45, 7) is 0.559. The number of carbonyl (C=O) groups excluding carboxylic acids is 1. The zero-order valence-corrected chi connectivity index (χ0v) is 17.5. The summed E-state index contributed by atoms with van der Waals surface area (Å²) in [6.07, 6.45) is 7.57. The standard InChI is InChI=1S/C27H26N2O2/c30-27(26-11-6-18-31-26)29(19-22-16-17-28-25-10-5-4-9-24(22)25)23-14-12-21(13-15-23)20-7-2-1-3-8-20/h1-11,16-18,21,23H,12-15,19H2. The van der Waals surface area contributed by atoms with Crippen molar-refractivity contribution in [3.63, 3.8) is 0 Å². The van der Waals surface area contributed by atoms with Crippen LogP contribution >= 0.6 is 0 Å². The third kappa shape index (κ3) is 4.11. The monoisotopic (exact) mass is 410 g/mol. The van der Waals surface area contributed by atoms with E-state index in [0.717, 1.165) is 42.1 Å². The SMILES string of the molecule is O=C(c1ccco1)N(Cc1ccnc2ccccc12)C1CCC(c2ccccc2)CC1. The second-order valence-corrected chi connectivity index (χ2v) is 8.31. The van der Waals surface area contributed by atoms with Crippen LogP contribution in [0.15, 0.2) is 89.7 Å². The molecule has 0 bridgehead atoms. The van der Waals surface area contributed by atoms with E-state index in [9.17, 15) is 4.79 Å². The van der Waals surface area contributed by atoms with Crippen LogP contribution in [0.3, 0.4) is 0 Å². The van der Waals surface area contributed by atoms with E-state index in [2.05, 4.69) is 41.4 Å². The lowest BCUT2D eigenvalue weighted by atomic mass is 9.81. The molecule has 31 heavy (non-hydrogen) atoms. The molecule has 156 valence electrons. The Bertz CT molecular complexity index is 1140. The van der Waals surface area contributed by atoms with Gasteiger partial charge in [-0.15, -0.1) is 0 Å². The van der Waals surface area contributed by atoms with Gasteiger partial charge in [-0.1, -0.05) is 48.5 Å². The van der Waals surface area contributed by atoms with Crippen molar-refractivity contribution in [3.05, 3.63) is 102 Å². The Labute approximate surface area is 182 Å². The molecular weight excluding hydrogens is 384 g/mol. The summed E-state index contributed by atoms with van der Waals surface area (Å²) < 4.78 is 5.48. The highest BCUT2D eigenvalue weighted by molar-refractivity contribution is 5.92. The lowest BCUT2D eigenvalue weighted by molar-refractivity contribution is 0.0574. The predicted molar refractivity (Wildman–Crippen MR) is 122 cm³/mol. The fourth-order valence-corrected chi connectivity index (χ4v) is 4.83. The molecule has 4 nitrogen and oxygen atoms in total. The van der Waals surface area contributed by atoms with E-state index in [0.29, 0.717) is 18.2 Å². The van der Waals surface area contributed by atoms with E-state index in [1.807, 2.05) is 35.4 Å². The van der Waals surface area contributed by atoms with Crippen LogP contribution in [0.25, 0.3) is 10.9 Å². The average Bonchev–Trinajstić information content (AvgIpc) is 3.38. The molecule has 1 fully saturated rings. The Balaban J connectivity index is 1.41. The third-order valence-electron chi connectivity index (χ3n) is 6.48. The Morgan fingerprint density at radius 2 is 1.68 bits per heavy atom. The maximum Gasteiger partial charge on any atom is 0.290 e. The van der Waals surface area contributed by atoms with Crippen molar-refractivity contribution in [2.75, 3.05) is 0 Å². The molecule has 1 aliphatic carbocycles. The van der Waals surface area contributed by atoms with Crippen molar-refractivity contribution in [2.24, 2.45) is 0 Å². The van der Waals surface area contributed by atoms with Gasteiger partial charge in [0.15, 0.2) is 5.76 Å². The normalized spacial score (nSPS) is 18.7. The van der Waals surface area contributed by atoms with Gasteiger partial charge in [-0.25, -0.2) is 0 Å². The first-order valence-electron chi connectivity index (χ1n) is 11.0. The molecule has 0 saturated heterocycles. The summed E-state index contributed by atoms with van der Waals surface area (Å²) in [5.41, 5.74) is 3.49. The number of hydrogen-bond donors (Lipinski definition) is 0. The van der Waals surface area contributed by atoms with E-state index < -0.39 is 0 Å².